The van der Waals surface area contributed by atoms with E-state index in [0.29, 0.717) is 18.7 Å². The van der Waals surface area contributed by atoms with Crippen LogP contribution in [0.25, 0.3) is 0 Å². The predicted molar refractivity (Wildman–Crippen MR) is 57.8 cm³/mol. The van der Waals surface area contributed by atoms with E-state index in [0.717, 1.165) is 12.1 Å². The average Bonchev–Trinajstić information content (AvgIpc) is 2.27. The van der Waals surface area contributed by atoms with E-state index in [-0.39, 0.29) is 6.42 Å². The van der Waals surface area contributed by atoms with Gasteiger partial charge in [0.05, 0.1) is 12.1 Å². The zero-order chi connectivity index (χ0) is 13.4. The van der Waals surface area contributed by atoms with Crippen molar-refractivity contribution in [2.24, 2.45) is 0 Å². The van der Waals surface area contributed by atoms with Gasteiger partial charge in [0.2, 0.25) is 0 Å². The first-order chi connectivity index (χ1) is 8.28. The summed E-state index contributed by atoms with van der Waals surface area (Å²) in [5.74, 6) is -2.76. The fourth-order valence-corrected chi connectivity index (χ4v) is 2.05. The SMILES string of the molecule is FC1(F)CCCN(c2ccc(C(F)(F)F)cc2)C1. The molecule has 1 aliphatic rings. The Morgan fingerprint density at radius 1 is 1.06 bits per heavy atom. The van der Waals surface area contributed by atoms with Crippen molar-refractivity contribution in [2.45, 2.75) is 24.9 Å². The lowest BCUT2D eigenvalue weighted by Gasteiger charge is -2.34. The average molecular weight is 265 g/mol. The number of nitrogens with zero attached hydrogens (tertiary/aromatic N) is 1. The summed E-state index contributed by atoms with van der Waals surface area (Å²) in [6.07, 6.45) is -4.22. The van der Waals surface area contributed by atoms with Crippen LogP contribution < -0.4 is 4.90 Å². The van der Waals surface area contributed by atoms with Gasteiger partial charge in [-0.25, -0.2) is 8.78 Å². The number of hydrogen-bond donors (Lipinski definition) is 0. The minimum Gasteiger partial charge on any atom is -0.365 e. The topological polar surface area (TPSA) is 3.24 Å². The van der Waals surface area contributed by atoms with Crippen molar-refractivity contribution in [3.8, 4) is 0 Å². The molecule has 1 aromatic rings. The Bertz CT molecular complexity index is 409. The summed E-state index contributed by atoms with van der Waals surface area (Å²) in [6, 6.07) is 4.32. The van der Waals surface area contributed by atoms with Crippen molar-refractivity contribution < 1.29 is 22.0 Å². The second-order valence-corrected chi connectivity index (χ2v) is 4.43. The Balaban J connectivity index is 2.15. The fourth-order valence-electron chi connectivity index (χ4n) is 2.05. The molecule has 0 radical (unpaired) electrons. The Hall–Kier alpha value is -1.33. The first-order valence-corrected chi connectivity index (χ1v) is 5.58. The van der Waals surface area contributed by atoms with Crippen molar-refractivity contribution in [1.82, 2.24) is 0 Å². The van der Waals surface area contributed by atoms with E-state index in [9.17, 15) is 22.0 Å². The molecule has 1 fully saturated rings. The standard InChI is InChI=1S/C12H12F5N/c13-11(14)6-1-7-18(8-11)10-4-2-9(3-5-10)12(15,16)17/h2-5H,1,6-8H2. The molecule has 0 aliphatic carbocycles. The van der Waals surface area contributed by atoms with Gasteiger partial charge >= 0.3 is 6.18 Å². The summed E-state index contributed by atoms with van der Waals surface area (Å²) in [4.78, 5) is 1.42. The van der Waals surface area contributed by atoms with Crippen LogP contribution in [0.2, 0.25) is 0 Å². The number of anilines is 1. The largest absolute Gasteiger partial charge is 0.416 e. The molecule has 2 rings (SSSR count). The molecule has 0 atom stereocenters. The van der Waals surface area contributed by atoms with Crippen molar-refractivity contribution >= 4 is 5.69 Å². The predicted octanol–water partition coefficient (Wildman–Crippen LogP) is 3.94. The molecule has 18 heavy (non-hydrogen) atoms. The normalized spacial score (nSPS) is 19.9. The van der Waals surface area contributed by atoms with Crippen LogP contribution in [0.1, 0.15) is 18.4 Å². The van der Waals surface area contributed by atoms with Crippen LogP contribution >= 0.6 is 0 Å². The summed E-state index contributed by atoms with van der Waals surface area (Å²) >= 11 is 0. The monoisotopic (exact) mass is 265 g/mol. The Morgan fingerprint density at radius 3 is 2.17 bits per heavy atom. The third-order valence-corrected chi connectivity index (χ3v) is 2.95. The number of benzene rings is 1. The molecule has 0 N–H and O–H groups in total. The van der Waals surface area contributed by atoms with Crippen LogP contribution in [-0.2, 0) is 6.18 Å². The zero-order valence-corrected chi connectivity index (χ0v) is 9.47. The number of hydrogen-bond acceptors (Lipinski definition) is 1. The van der Waals surface area contributed by atoms with Gasteiger partial charge < -0.3 is 4.90 Å². The molecule has 1 nitrogen and oxygen atoms in total. The molecule has 0 bridgehead atoms. The van der Waals surface area contributed by atoms with E-state index in [4.69, 9.17) is 0 Å². The summed E-state index contributed by atoms with van der Waals surface area (Å²) in [7, 11) is 0. The van der Waals surface area contributed by atoms with Gasteiger partial charge in [0.15, 0.2) is 0 Å². The number of piperidine rings is 1. The molecule has 1 aromatic carbocycles. The van der Waals surface area contributed by atoms with Gasteiger partial charge in [-0.15, -0.1) is 0 Å². The fraction of sp³-hybridized carbons (Fsp3) is 0.500. The zero-order valence-electron chi connectivity index (χ0n) is 9.47. The van der Waals surface area contributed by atoms with Crippen LogP contribution in [-0.4, -0.2) is 19.0 Å². The van der Waals surface area contributed by atoms with E-state index in [1.807, 2.05) is 0 Å². The Kier molecular flexibility index (Phi) is 3.21. The molecule has 0 unspecified atom stereocenters. The molecule has 1 saturated heterocycles. The van der Waals surface area contributed by atoms with Gasteiger partial charge in [-0.05, 0) is 30.7 Å². The van der Waals surface area contributed by atoms with Crippen molar-refractivity contribution in [1.29, 1.82) is 0 Å². The lowest BCUT2D eigenvalue weighted by molar-refractivity contribution is -0.137. The molecule has 0 saturated carbocycles. The first kappa shape index (κ1) is 13.1. The maximum atomic E-state index is 13.2. The second-order valence-electron chi connectivity index (χ2n) is 4.43. The summed E-state index contributed by atoms with van der Waals surface area (Å²) < 4.78 is 63.4. The summed E-state index contributed by atoms with van der Waals surface area (Å²) in [5, 5.41) is 0. The molecular weight excluding hydrogens is 253 g/mol. The Morgan fingerprint density at radius 2 is 1.67 bits per heavy atom. The lowest BCUT2D eigenvalue weighted by Crippen LogP contribution is -2.42. The molecule has 6 heteroatoms. The van der Waals surface area contributed by atoms with Gasteiger partial charge in [-0.2, -0.15) is 13.2 Å². The number of alkyl halides is 5. The van der Waals surface area contributed by atoms with Crippen molar-refractivity contribution in [3.05, 3.63) is 29.8 Å². The third kappa shape index (κ3) is 2.91. The molecule has 1 aliphatic heterocycles. The second kappa shape index (κ2) is 4.40. The van der Waals surface area contributed by atoms with Gasteiger partial charge in [-0.1, -0.05) is 0 Å². The van der Waals surface area contributed by atoms with Gasteiger partial charge in [0, 0.05) is 18.7 Å². The van der Waals surface area contributed by atoms with Crippen LogP contribution in [0.3, 0.4) is 0 Å². The highest BCUT2D eigenvalue weighted by atomic mass is 19.4. The number of halogens is 5. The quantitative estimate of drug-likeness (QED) is 0.695. The van der Waals surface area contributed by atoms with Gasteiger partial charge in [0.25, 0.3) is 5.92 Å². The Labute approximate surface area is 101 Å². The maximum Gasteiger partial charge on any atom is 0.416 e. The highest BCUT2D eigenvalue weighted by Crippen LogP contribution is 2.33. The highest BCUT2D eigenvalue weighted by Gasteiger charge is 2.35. The smallest absolute Gasteiger partial charge is 0.365 e. The van der Waals surface area contributed by atoms with E-state index >= 15 is 0 Å². The molecule has 100 valence electrons. The van der Waals surface area contributed by atoms with Crippen LogP contribution in [0.5, 0.6) is 0 Å². The minimum absolute atomic E-state index is 0.163. The van der Waals surface area contributed by atoms with Crippen molar-refractivity contribution in [2.75, 3.05) is 18.0 Å². The molecule has 0 amide bonds. The molecule has 1 heterocycles. The van der Waals surface area contributed by atoms with E-state index < -0.39 is 24.2 Å². The van der Waals surface area contributed by atoms with E-state index in [1.54, 1.807) is 0 Å². The molecular formula is C12H12F5N. The molecule has 0 aromatic heterocycles. The van der Waals surface area contributed by atoms with Crippen LogP contribution in [0.4, 0.5) is 27.6 Å². The maximum absolute atomic E-state index is 13.2. The lowest BCUT2D eigenvalue weighted by atomic mass is 10.1. The van der Waals surface area contributed by atoms with Crippen LogP contribution in [0, 0.1) is 0 Å². The van der Waals surface area contributed by atoms with E-state index in [2.05, 4.69) is 0 Å². The summed E-state index contributed by atoms with van der Waals surface area (Å²) in [5.41, 5.74) is -0.364. The highest BCUT2D eigenvalue weighted by molar-refractivity contribution is 5.48. The first-order valence-electron chi connectivity index (χ1n) is 5.58. The minimum atomic E-state index is -4.40. The molecule has 0 spiro atoms. The number of rotatable bonds is 1. The van der Waals surface area contributed by atoms with Crippen molar-refractivity contribution in [3.63, 3.8) is 0 Å². The van der Waals surface area contributed by atoms with E-state index in [1.165, 1.54) is 17.0 Å². The van der Waals surface area contributed by atoms with Gasteiger partial charge in [0.1, 0.15) is 0 Å². The van der Waals surface area contributed by atoms with Crippen LogP contribution in [0.15, 0.2) is 24.3 Å². The van der Waals surface area contributed by atoms with Gasteiger partial charge in [-0.3, -0.25) is 0 Å². The summed E-state index contributed by atoms with van der Waals surface area (Å²) in [6.45, 7) is 0.0132. The third-order valence-electron chi connectivity index (χ3n) is 2.95.